The van der Waals surface area contributed by atoms with Gasteiger partial charge in [0.25, 0.3) is 0 Å². The van der Waals surface area contributed by atoms with Crippen molar-refractivity contribution in [3.63, 3.8) is 0 Å². The van der Waals surface area contributed by atoms with E-state index in [1.165, 1.54) is 6.07 Å². The fraction of sp³-hybridized carbons (Fsp3) is 0.538. The molecule has 0 spiro atoms. The minimum Gasteiger partial charge on any atom is -0.329 e. The van der Waals surface area contributed by atoms with Gasteiger partial charge >= 0.3 is 0 Å². The van der Waals surface area contributed by atoms with E-state index in [1.807, 2.05) is 6.92 Å². The number of nitrogens with two attached hydrogens (primary N) is 1. The van der Waals surface area contributed by atoms with Crippen molar-refractivity contribution in [2.45, 2.75) is 31.8 Å². The zero-order valence-electron chi connectivity index (χ0n) is 10.7. The molecule has 0 saturated heterocycles. The van der Waals surface area contributed by atoms with Gasteiger partial charge in [-0.2, -0.15) is 0 Å². The van der Waals surface area contributed by atoms with Crippen LogP contribution in [0.15, 0.2) is 12.1 Å². The molecular weight excluding hydrogens is 293 g/mol. The molecule has 19 heavy (non-hydrogen) atoms. The molecule has 0 amide bonds. The molecule has 108 valence electrons. The highest BCUT2D eigenvalue weighted by molar-refractivity contribution is 6.31. The standard InChI is InChI=1S/C13H17ClF2N2.ClH/c1-8(18(5-4-17)10-2-3-10)11-6-9(15)7-12(16)13(11)14;/h6-8,10H,2-5,17H2,1H3;1H. The maximum absolute atomic E-state index is 13.5. The molecule has 1 aliphatic rings. The molecular formula is C13H18Cl2F2N2. The third kappa shape index (κ3) is 3.78. The summed E-state index contributed by atoms with van der Waals surface area (Å²) in [5.41, 5.74) is 6.08. The molecule has 0 aliphatic heterocycles. The first-order valence-corrected chi connectivity index (χ1v) is 6.52. The van der Waals surface area contributed by atoms with Crippen LogP contribution in [0.2, 0.25) is 5.02 Å². The Kier molecular flexibility index (Phi) is 5.99. The molecule has 0 aromatic heterocycles. The SMILES string of the molecule is CC(c1cc(F)cc(F)c1Cl)N(CCN)C1CC1.Cl. The van der Waals surface area contributed by atoms with Gasteiger partial charge in [0.15, 0.2) is 0 Å². The molecule has 0 radical (unpaired) electrons. The lowest BCUT2D eigenvalue weighted by molar-refractivity contribution is 0.205. The van der Waals surface area contributed by atoms with Crippen molar-refractivity contribution in [2.75, 3.05) is 13.1 Å². The summed E-state index contributed by atoms with van der Waals surface area (Å²) in [6.07, 6.45) is 2.22. The van der Waals surface area contributed by atoms with Crippen LogP contribution in [0.25, 0.3) is 0 Å². The van der Waals surface area contributed by atoms with E-state index >= 15 is 0 Å². The fourth-order valence-corrected chi connectivity index (χ4v) is 2.57. The van der Waals surface area contributed by atoms with Crippen molar-refractivity contribution in [1.29, 1.82) is 0 Å². The van der Waals surface area contributed by atoms with E-state index in [-0.39, 0.29) is 23.5 Å². The third-order valence-electron chi connectivity index (χ3n) is 3.37. The van der Waals surface area contributed by atoms with Crippen LogP contribution in [0.5, 0.6) is 0 Å². The summed E-state index contributed by atoms with van der Waals surface area (Å²) < 4.78 is 26.7. The summed E-state index contributed by atoms with van der Waals surface area (Å²) in [5, 5.41) is 0.00608. The molecule has 0 heterocycles. The van der Waals surface area contributed by atoms with Crippen LogP contribution in [0.1, 0.15) is 31.4 Å². The molecule has 1 aromatic rings. The highest BCUT2D eigenvalue weighted by Gasteiger charge is 2.33. The molecule has 0 bridgehead atoms. The van der Waals surface area contributed by atoms with E-state index < -0.39 is 11.6 Å². The van der Waals surface area contributed by atoms with Gasteiger partial charge in [-0.3, -0.25) is 4.90 Å². The van der Waals surface area contributed by atoms with Gasteiger partial charge in [-0.15, -0.1) is 12.4 Å². The molecule has 2 N–H and O–H groups in total. The molecule has 6 heteroatoms. The van der Waals surface area contributed by atoms with E-state index in [9.17, 15) is 8.78 Å². The number of halogens is 4. The van der Waals surface area contributed by atoms with Crippen molar-refractivity contribution in [3.05, 3.63) is 34.4 Å². The minimum absolute atomic E-state index is 0. The Labute approximate surface area is 123 Å². The van der Waals surface area contributed by atoms with Crippen molar-refractivity contribution < 1.29 is 8.78 Å². The molecule has 1 aromatic carbocycles. The second kappa shape index (κ2) is 6.84. The normalized spacial score (nSPS) is 16.3. The Morgan fingerprint density at radius 1 is 1.42 bits per heavy atom. The summed E-state index contributed by atoms with van der Waals surface area (Å²) in [5.74, 6) is -1.30. The molecule has 1 aliphatic carbocycles. The highest BCUT2D eigenvalue weighted by atomic mass is 35.5. The van der Waals surface area contributed by atoms with Crippen LogP contribution in [-0.2, 0) is 0 Å². The topological polar surface area (TPSA) is 29.3 Å². The zero-order chi connectivity index (χ0) is 13.3. The zero-order valence-corrected chi connectivity index (χ0v) is 12.3. The van der Waals surface area contributed by atoms with Gasteiger partial charge in [-0.25, -0.2) is 8.78 Å². The van der Waals surface area contributed by atoms with E-state index in [4.69, 9.17) is 17.3 Å². The average molecular weight is 311 g/mol. The van der Waals surface area contributed by atoms with Gasteiger partial charge in [-0.1, -0.05) is 11.6 Å². The van der Waals surface area contributed by atoms with Crippen LogP contribution in [0.3, 0.4) is 0 Å². The van der Waals surface area contributed by atoms with Crippen LogP contribution in [0, 0.1) is 11.6 Å². The Morgan fingerprint density at radius 3 is 2.58 bits per heavy atom. The molecule has 1 unspecified atom stereocenters. The van der Waals surface area contributed by atoms with Crippen LogP contribution in [0.4, 0.5) is 8.78 Å². The Hall–Kier alpha value is -0.420. The van der Waals surface area contributed by atoms with Gasteiger partial charge in [0.1, 0.15) is 11.6 Å². The van der Waals surface area contributed by atoms with E-state index in [2.05, 4.69) is 4.90 Å². The Bertz CT molecular complexity index is 439. The highest BCUT2D eigenvalue weighted by Crippen LogP contribution is 2.37. The summed E-state index contributed by atoms with van der Waals surface area (Å²) in [6.45, 7) is 3.14. The summed E-state index contributed by atoms with van der Waals surface area (Å²) in [6, 6.07) is 2.45. The summed E-state index contributed by atoms with van der Waals surface area (Å²) in [4.78, 5) is 2.17. The van der Waals surface area contributed by atoms with Crippen molar-refractivity contribution in [3.8, 4) is 0 Å². The Morgan fingerprint density at radius 2 is 2.05 bits per heavy atom. The summed E-state index contributed by atoms with van der Waals surface area (Å²) >= 11 is 5.93. The predicted octanol–water partition coefficient (Wildman–Crippen LogP) is 3.52. The number of hydrogen-bond donors (Lipinski definition) is 1. The van der Waals surface area contributed by atoms with E-state index in [0.29, 0.717) is 24.7 Å². The molecule has 2 rings (SSSR count). The van der Waals surface area contributed by atoms with Gasteiger partial charge in [-0.05, 0) is 31.4 Å². The smallest absolute Gasteiger partial charge is 0.145 e. The first-order chi connectivity index (χ1) is 8.54. The van der Waals surface area contributed by atoms with Gasteiger partial charge in [0.05, 0.1) is 5.02 Å². The number of hydrogen-bond acceptors (Lipinski definition) is 2. The fourth-order valence-electron chi connectivity index (χ4n) is 2.31. The minimum atomic E-state index is -0.706. The second-order valence-corrected chi connectivity index (χ2v) is 5.10. The second-order valence-electron chi connectivity index (χ2n) is 4.72. The largest absolute Gasteiger partial charge is 0.329 e. The van der Waals surface area contributed by atoms with E-state index in [0.717, 1.165) is 18.9 Å². The van der Waals surface area contributed by atoms with Crippen LogP contribution in [-0.4, -0.2) is 24.0 Å². The molecule has 1 fully saturated rings. The molecule has 1 atom stereocenters. The lowest BCUT2D eigenvalue weighted by atomic mass is 10.1. The lowest BCUT2D eigenvalue weighted by Gasteiger charge is -2.29. The van der Waals surface area contributed by atoms with Crippen molar-refractivity contribution >= 4 is 24.0 Å². The van der Waals surface area contributed by atoms with Gasteiger partial charge < -0.3 is 5.73 Å². The monoisotopic (exact) mass is 310 g/mol. The van der Waals surface area contributed by atoms with Crippen LogP contribution < -0.4 is 5.73 Å². The molecule has 2 nitrogen and oxygen atoms in total. The average Bonchev–Trinajstić information content (AvgIpc) is 3.14. The van der Waals surface area contributed by atoms with E-state index in [1.54, 1.807) is 0 Å². The number of nitrogens with zero attached hydrogens (tertiary/aromatic N) is 1. The number of benzene rings is 1. The maximum atomic E-state index is 13.5. The number of rotatable bonds is 5. The lowest BCUT2D eigenvalue weighted by Crippen LogP contribution is -2.34. The first kappa shape index (κ1) is 16.6. The quantitative estimate of drug-likeness (QED) is 0.843. The predicted molar refractivity (Wildman–Crippen MR) is 75.8 cm³/mol. The molecule has 1 saturated carbocycles. The van der Waals surface area contributed by atoms with Gasteiger partial charge in [0, 0.05) is 31.2 Å². The summed E-state index contributed by atoms with van der Waals surface area (Å²) in [7, 11) is 0. The third-order valence-corrected chi connectivity index (χ3v) is 3.77. The van der Waals surface area contributed by atoms with Crippen molar-refractivity contribution in [2.24, 2.45) is 5.73 Å². The Balaban J connectivity index is 0.00000180. The van der Waals surface area contributed by atoms with Gasteiger partial charge in [0.2, 0.25) is 0 Å². The maximum Gasteiger partial charge on any atom is 0.145 e. The van der Waals surface area contributed by atoms with Crippen LogP contribution >= 0.6 is 24.0 Å². The van der Waals surface area contributed by atoms with Crippen molar-refractivity contribution in [1.82, 2.24) is 4.90 Å². The first-order valence-electron chi connectivity index (χ1n) is 6.15.